The molecule has 17 heavy (non-hydrogen) atoms. The van der Waals surface area contributed by atoms with E-state index in [-0.39, 0.29) is 0 Å². The van der Waals surface area contributed by atoms with Gasteiger partial charge in [0.2, 0.25) is 0 Å². The lowest BCUT2D eigenvalue weighted by molar-refractivity contribution is 0.319. The highest BCUT2D eigenvalue weighted by atomic mass is 14.9. The van der Waals surface area contributed by atoms with Gasteiger partial charge in [-0.2, -0.15) is 0 Å². The van der Waals surface area contributed by atoms with Crippen molar-refractivity contribution < 1.29 is 0 Å². The molecule has 2 N–H and O–H groups in total. The maximum atomic E-state index is 4.26. The third-order valence-electron chi connectivity index (χ3n) is 4.05. The minimum absolute atomic E-state index is 0.680. The predicted molar refractivity (Wildman–Crippen MR) is 70.1 cm³/mol. The number of hydrogen-bond acceptors (Lipinski definition) is 2. The van der Waals surface area contributed by atoms with E-state index in [1.54, 1.807) is 0 Å². The van der Waals surface area contributed by atoms with Crippen molar-refractivity contribution in [2.75, 3.05) is 13.1 Å². The number of pyridine rings is 1. The molecule has 2 unspecified atom stereocenters. The van der Waals surface area contributed by atoms with Crippen molar-refractivity contribution in [3.05, 3.63) is 30.2 Å². The Kier molecular flexibility index (Phi) is 2.85. The fraction of sp³-hybridized carbons (Fsp3) is 0.500. The summed E-state index contributed by atoms with van der Waals surface area (Å²) in [6.45, 7) is 4.57. The van der Waals surface area contributed by atoms with Crippen LogP contribution in [0.3, 0.4) is 0 Å². The SMILES string of the molecule is CCC1CNCCC1c1c[nH]c2ccncc12. The Morgan fingerprint density at radius 1 is 1.47 bits per heavy atom. The molecule has 0 amide bonds. The van der Waals surface area contributed by atoms with Crippen LogP contribution in [0.1, 0.15) is 31.2 Å². The molecule has 0 bridgehead atoms. The monoisotopic (exact) mass is 229 g/mol. The lowest BCUT2D eigenvalue weighted by atomic mass is 9.80. The molecule has 1 fully saturated rings. The van der Waals surface area contributed by atoms with Gasteiger partial charge in [0.1, 0.15) is 0 Å². The zero-order valence-corrected chi connectivity index (χ0v) is 10.2. The van der Waals surface area contributed by atoms with E-state index >= 15 is 0 Å². The molecule has 1 aliphatic heterocycles. The Morgan fingerprint density at radius 3 is 3.29 bits per heavy atom. The van der Waals surface area contributed by atoms with Gasteiger partial charge in [0.25, 0.3) is 0 Å². The largest absolute Gasteiger partial charge is 0.361 e. The molecule has 0 radical (unpaired) electrons. The van der Waals surface area contributed by atoms with Crippen LogP contribution in [0.2, 0.25) is 0 Å². The Balaban J connectivity index is 2.01. The van der Waals surface area contributed by atoms with Crippen molar-refractivity contribution in [2.45, 2.75) is 25.7 Å². The third kappa shape index (κ3) is 1.84. The quantitative estimate of drug-likeness (QED) is 0.831. The van der Waals surface area contributed by atoms with E-state index < -0.39 is 0 Å². The van der Waals surface area contributed by atoms with Crippen LogP contribution in [0, 0.1) is 5.92 Å². The highest BCUT2D eigenvalue weighted by Crippen LogP contribution is 2.35. The second kappa shape index (κ2) is 4.49. The molecule has 0 spiro atoms. The van der Waals surface area contributed by atoms with Gasteiger partial charge in [-0.05, 0) is 43.0 Å². The summed E-state index contributed by atoms with van der Waals surface area (Å²) in [4.78, 5) is 7.63. The highest BCUT2D eigenvalue weighted by molar-refractivity contribution is 5.82. The fourth-order valence-electron chi connectivity index (χ4n) is 3.05. The normalized spacial score (nSPS) is 25.2. The molecule has 3 rings (SSSR count). The summed E-state index contributed by atoms with van der Waals surface area (Å²) in [5.74, 6) is 1.43. The Morgan fingerprint density at radius 2 is 2.41 bits per heavy atom. The number of H-pyrrole nitrogens is 1. The molecular formula is C14H19N3. The molecule has 3 heteroatoms. The third-order valence-corrected chi connectivity index (χ3v) is 4.05. The maximum absolute atomic E-state index is 4.26. The van der Waals surface area contributed by atoms with Gasteiger partial charge >= 0.3 is 0 Å². The number of piperidine rings is 1. The average Bonchev–Trinajstić information content (AvgIpc) is 2.82. The van der Waals surface area contributed by atoms with Crippen LogP contribution in [0.25, 0.3) is 10.9 Å². The van der Waals surface area contributed by atoms with E-state index in [9.17, 15) is 0 Å². The van der Waals surface area contributed by atoms with Crippen molar-refractivity contribution in [1.29, 1.82) is 0 Å². The summed E-state index contributed by atoms with van der Waals surface area (Å²) in [6, 6.07) is 2.06. The van der Waals surface area contributed by atoms with E-state index in [4.69, 9.17) is 0 Å². The summed E-state index contributed by atoms with van der Waals surface area (Å²) in [5.41, 5.74) is 2.67. The molecule has 3 heterocycles. The zero-order chi connectivity index (χ0) is 11.7. The number of aromatic nitrogens is 2. The first-order valence-electron chi connectivity index (χ1n) is 6.52. The fourth-order valence-corrected chi connectivity index (χ4v) is 3.05. The van der Waals surface area contributed by atoms with Crippen molar-refractivity contribution >= 4 is 10.9 Å². The van der Waals surface area contributed by atoms with E-state index in [2.05, 4.69) is 34.5 Å². The van der Waals surface area contributed by atoms with Gasteiger partial charge in [-0.3, -0.25) is 4.98 Å². The lowest BCUT2D eigenvalue weighted by Crippen LogP contribution is -2.34. The second-order valence-electron chi connectivity index (χ2n) is 4.93. The van der Waals surface area contributed by atoms with Crippen molar-refractivity contribution in [1.82, 2.24) is 15.3 Å². The molecule has 2 aromatic heterocycles. The van der Waals surface area contributed by atoms with E-state index in [0.717, 1.165) is 19.0 Å². The van der Waals surface area contributed by atoms with E-state index in [1.165, 1.54) is 29.3 Å². The van der Waals surface area contributed by atoms with Crippen molar-refractivity contribution in [3.8, 4) is 0 Å². The first kappa shape index (κ1) is 10.8. The summed E-state index contributed by atoms with van der Waals surface area (Å²) in [6.07, 6.45) is 8.51. The predicted octanol–water partition coefficient (Wildman–Crippen LogP) is 2.67. The smallest absolute Gasteiger partial charge is 0.0487 e. The molecule has 2 aromatic rings. The summed E-state index contributed by atoms with van der Waals surface area (Å²) in [7, 11) is 0. The lowest BCUT2D eigenvalue weighted by Gasteiger charge is -2.31. The van der Waals surface area contributed by atoms with Gasteiger partial charge in [-0.25, -0.2) is 0 Å². The summed E-state index contributed by atoms with van der Waals surface area (Å²) >= 11 is 0. The van der Waals surface area contributed by atoms with Crippen LogP contribution >= 0.6 is 0 Å². The van der Waals surface area contributed by atoms with Gasteiger partial charge in [0.05, 0.1) is 0 Å². The number of nitrogens with zero attached hydrogens (tertiary/aromatic N) is 1. The molecule has 0 aliphatic carbocycles. The van der Waals surface area contributed by atoms with Gasteiger partial charge in [0, 0.05) is 29.5 Å². The van der Waals surface area contributed by atoms with Crippen molar-refractivity contribution in [2.24, 2.45) is 5.92 Å². The molecule has 2 atom stereocenters. The first-order chi connectivity index (χ1) is 8.40. The van der Waals surface area contributed by atoms with Crippen LogP contribution in [0.15, 0.2) is 24.7 Å². The van der Waals surface area contributed by atoms with Gasteiger partial charge in [-0.15, -0.1) is 0 Å². The standard InChI is InChI=1S/C14H19N3/c1-2-10-7-15-5-3-11(10)12-9-17-14-4-6-16-8-13(12)14/h4,6,8-11,15,17H,2-3,5,7H2,1H3. The Hall–Kier alpha value is -1.35. The van der Waals surface area contributed by atoms with E-state index in [0.29, 0.717) is 5.92 Å². The summed E-state index contributed by atoms with van der Waals surface area (Å²) < 4.78 is 0. The number of aromatic amines is 1. The minimum Gasteiger partial charge on any atom is -0.361 e. The Bertz CT molecular complexity index is 503. The van der Waals surface area contributed by atoms with Crippen LogP contribution in [-0.4, -0.2) is 23.1 Å². The zero-order valence-electron chi connectivity index (χ0n) is 10.2. The van der Waals surface area contributed by atoms with E-state index in [1.807, 2.05) is 12.4 Å². The van der Waals surface area contributed by atoms with Crippen LogP contribution in [0.5, 0.6) is 0 Å². The Labute approximate surface area is 102 Å². The first-order valence-corrected chi connectivity index (χ1v) is 6.52. The van der Waals surface area contributed by atoms with Gasteiger partial charge < -0.3 is 10.3 Å². The highest BCUT2D eigenvalue weighted by Gasteiger charge is 2.26. The average molecular weight is 229 g/mol. The topological polar surface area (TPSA) is 40.7 Å². The maximum Gasteiger partial charge on any atom is 0.0487 e. The van der Waals surface area contributed by atoms with Gasteiger partial charge in [0.15, 0.2) is 0 Å². The van der Waals surface area contributed by atoms with Crippen LogP contribution in [0.4, 0.5) is 0 Å². The second-order valence-corrected chi connectivity index (χ2v) is 4.93. The molecule has 1 saturated heterocycles. The number of fused-ring (bicyclic) bond motifs is 1. The number of rotatable bonds is 2. The molecule has 0 aromatic carbocycles. The van der Waals surface area contributed by atoms with Crippen molar-refractivity contribution in [3.63, 3.8) is 0 Å². The van der Waals surface area contributed by atoms with Gasteiger partial charge in [-0.1, -0.05) is 13.3 Å². The summed E-state index contributed by atoms with van der Waals surface area (Å²) in [5, 5.41) is 4.80. The number of nitrogens with one attached hydrogen (secondary N) is 2. The van der Waals surface area contributed by atoms with Crippen LogP contribution < -0.4 is 5.32 Å². The number of hydrogen-bond donors (Lipinski definition) is 2. The molecular weight excluding hydrogens is 210 g/mol. The molecule has 0 saturated carbocycles. The molecule has 1 aliphatic rings. The van der Waals surface area contributed by atoms with Crippen LogP contribution in [-0.2, 0) is 0 Å². The molecule has 90 valence electrons. The minimum atomic E-state index is 0.680. The molecule has 3 nitrogen and oxygen atoms in total.